The molecule has 0 spiro atoms. The fourth-order valence-corrected chi connectivity index (χ4v) is 14.3. The minimum atomic E-state index is -2.73. The molecule has 0 aromatic heterocycles. The van der Waals surface area contributed by atoms with Crippen molar-refractivity contribution in [2.24, 2.45) is 0 Å². The average molecular weight is 723 g/mol. The molecule has 0 saturated heterocycles. The third kappa shape index (κ3) is 4.78. The van der Waals surface area contributed by atoms with Crippen LogP contribution >= 0.6 is 0 Å². The van der Waals surface area contributed by atoms with Gasteiger partial charge >= 0.3 is 0 Å². The average Bonchev–Trinajstić information content (AvgIpc) is 3.24. The van der Waals surface area contributed by atoms with Crippen LogP contribution in [0.3, 0.4) is 0 Å². The van der Waals surface area contributed by atoms with Crippen LogP contribution in [0.25, 0.3) is 0 Å². The van der Waals surface area contributed by atoms with Crippen LogP contribution in [0.1, 0.15) is 5.56 Å². The summed E-state index contributed by atoms with van der Waals surface area (Å²) >= 11 is 0. The maximum atomic E-state index is 6.70. The van der Waals surface area contributed by atoms with Gasteiger partial charge in [0.05, 0.1) is 0 Å². The first kappa shape index (κ1) is 31.7. The van der Waals surface area contributed by atoms with E-state index in [1.165, 1.54) is 37.7 Å². The summed E-state index contributed by atoms with van der Waals surface area (Å²) in [5.74, 6) is 3.39. The van der Waals surface area contributed by atoms with Crippen LogP contribution in [-0.4, -0.2) is 14.8 Å². The molecular weight excluding hydrogens is 687 g/mol. The number of rotatable bonds is 5. The first-order valence-corrected chi connectivity index (χ1v) is 20.9. The number of fused-ring (bicyclic) bond motifs is 6. The van der Waals surface area contributed by atoms with Crippen molar-refractivity contribution in [1.29, 1.82) is 0 Å². The highest BCUT2D eigenvalue weighted by Gasteiger charge is 2.49. The zero-order chi connectivity index (χ0) is 36.5. The van der Waals surface area contributed by atoms with E-state index in [1.54, 1.807) is 0 Å². The molecule has 8 aromatic carbocycles. The predicted octanol–water partition coefficient (Wildman–Crippen LogP) is 7.63. The van der Waals surface area contributed by atoms with Gasteiger partial charge in [0.15, 0.2) is 8.07 Å². The molecule has 0 bridgehead atoms. The molecule has 260 valence electrons. The molecule has 0 unspecified atom stereocenters. The smallest absolute Gasteiger partial charge is 0.260 e. The Morgan fingerprint density at radius 1 is 0.491 bits per heavy atom. The predicted molar refractivity (Wildman–Crippen MR) is 230 cm³/mol. The van der Waals surface area contributed by atoms with Crippen molar-refractivity contribution in [3.05, 3.63) is 194 Å². The van der Waals surface area contributed by atoms with E-state index in [0.29, 0.717) is 0 Å². The molecule has 1 N–H and O–H groups in total. The molecule has 55 heavy (non-hydrogen) atoms. The lowest BCUT2D eigenvalue weighted by Crippen LogP contribution is -2.77. The fourth-order valence-electron chi connectivity index (χ4n) is 9.20. The molecule has 11 rings (SSSR count). The quantitative estimate of drug-likeness (QED) is 0.186. The van der Waals surface area contributed by atoms with E-state index in [4.69, 9.17) is 9.47 Å². The van der Waals surface area contributed by atoms with Crippen LogP contribution < -0.4 is 56.8 Å². The number of nitrogens with one attached hydrogen (secondary N) is 1. The summed E-state index contributed by atoms with van der Waals surface area (Å²) in [4.78, 5) is 2.47. The van der Waals surface area contributed by atoms with Crippen molar-refractivity contribution in [3.8, 4) is 23.0 Å². The second kappa shape index (κ2) is 12.4. The topological polar surface area (TPSA) is 33.7 Å². The first-order chi connectivity index (χ1) is 27.2. The summed E-state index contributed by atoms with van der Waals surface area (Å²) < 4.78 is 13.3. The molecule has 0 saturated carbocycles. The Hall–Kier alpha value is -6.76. The van der Waals surface area contributed by atoms with Gasteiger partial charge in [0, 0.05) is 33.9 Å². The molecule has 0 radical (unpaired) electrons. The van der Waals surface area contributed by atoms with Gasteiger partial charge in [-0.3, -0.25) is 0 Å². The number of para-hydroxylation sites is 3. The maximum Gasteiger partial charge on any atom is 0.260 e. The van der Waals surface area contributed by atoms with Crippen LogP contribution in [0.2, 0.25) is 0 Å². The monoisotopic (exact) mass is 722 g/mol. The highest BCUT2D eigenvalue weighted by Crippen LogP contribution is 2.41. The van der Waals surface area contributed by atoms with Crippen LogP contribution in [0.15, 0.2) is 188 Å². The number of benzene rings is 8. The lowest BCUT2D eigenvalue weighted by atomic mass is 9.35. The van der Waals surface area contributed by atoms with Gasteiger partial charge in [-0.1, -0.05) is 121 Å². The standard InChI is InChI=1S/C49H35BN2O2Si/c1-33-15-8-9-20-40(33)51-34-27-29-43-38(31-34)50-39-32-35(28-30-44(39)54-46-24-14-23-45(53-43)49(46)50)52-41-21-10-12-25-47(41)55(36-16-4-2-5-17-36,37-18-6-3-7-19-37)48-26-13-11-22-42(48)52/h2-32,51H,1H3. The molecule has 4 nitrogen and oxygen atoms in total. The van der Waals surface area contributed by atoms with Crippen LogP contribution in [0.4, 0.5) is 28.4 Å². The van der Waals surface area contributed by atoms with Crippen molar-refractivity contribution >= 4 is 80.4 Å². The van der Waals surface area contributed by atoms with Gasteiger partial charge in [0.2, 0.25) is 0 Å². The van der Waals surface area contributed by atoms with Gasteiger partial charge in [0.1, 0.15) is 23.0 Å². The van der Waals surface area contributed by atoms with Gasteiger partial charge in [0.25, 0.3) is 6.71 Å². The molecule has 6 heteroatoms. The summed E-state index contributed by atoms with van der Waals surface area (Å²) in [5.41, 5.74) is 10.1. The summed E-state index contributed by atoms with van der Waals surface area (Å²) in [7, 11) is -2.73. The van der Waals surface area contributed by atoms with E-state index in [2.05, 4.69) is 199 Å². The SMILES string of the molecule is Cc1ccccc1Nc1ccc2c(c1)B1c3cc(N4c5ccccc5[Si](c5ccccc5)(c5ccccc5)c5ccccc54)ccc3Oc3cccc(c31)O2. The molecule has 3 aliphatic heterocycles. The Kier molecular flexibility index (Phi) is 7.16. The highest BCUT2D eigenvalue weighted by molar-refractivity contribution is 7.21. The molecule has 8 aromatic rings. The van der Waals surface area contributed by atoms with E-state index in [0.717, 1.165) is 56.4 Å². The third-order valence-corrected chi connectivity index (χ3v) is 16.4. The Balaban J connectivity index is 1.11. The van der Waals surface area contributed by atoms with Gasteiger partial charge in [-0.2, -0.15) is 0 Å². The number of aryl methyl sites for hydroxylation is 1. The van der Waals surface area contributed by atoms with Crippen LogP contribution in [-0.2, 0) is 0 Å². The summed E-state index contributed by atoms with van der Waals surface area (Å²) in [6.45, 7) is 2.04. The van der Waals surface area contributed by atoms with E-state index >= 15 is 0 Å². The summed E-state index contributed by atoms with van der Waals surface area (Å²) in [5, 5.41) is 9.16. The third-order valence-electron chi connectivity index (χ3n) is 11.6. The van der Waals surface area contributed by atoms with Crippen molar-refractivity contribution in [2.45, 2.75) is 6.92 Å². The summed E-state index contributed by atoms with van der Waals surface area (Å²) in [6, 6.07) is 68.1. The summed E-state index contributed by atoms with van der Waals surface area (Å²) in [6.07, 6.45) is 0. The van der Waals surface area contributed by atoms with Crippen molar-refractivity contribution < 1.29 is 9.47 Å². The van der Waals surface area contributed by atoms with E-state index in [-0.39, 0.29) is 6.71 Å². The van der Waals surface area contributed by atoms with Gasteiger partial charge in [-0.15, -0.1) is 0 Å². The number of nitrogens with zero attached hydrogens (tertiary/aromatic N) is 1. The number of ether oxygens (including phenoxy) is 2. The van der Waals surface area contributed by atoms with Crippen molar-refractivity contribution in [3.63, 3.8) is 0 Å². The molecule has 3 heterocycles. The first-order valence-electron chi connectivity index (χ1n) is 18.9. The highest BCUT2D eigenvalue weighted by atomic mass is 28.3. The minimum Gasteiger partial charge on any atom is -0.458 e. The Labute approximate surface area is 322 Å². The molecule has 3 aliphatic rings. The number of hydrogen-bond donors (Lipinski definition) is 1. The number of anilines is 5. The molecule has 0 atom stereocenters. The maximum absolute atomic E-state index is 6.70. The zero-order valence-electron chi connectivity index (χ0n) is 30.2. The molecule has 0 amide bonds. The molecule has 0 aliphatic carbocycles. The van der Waals surface area contributed by atoms with Crippen molar-refractivity contribution in [1.82, 2.24) is 0 Å². The van der Waals surface area contributed by atoms with E-state index < -0.39 is 8.07 Å². The minimum absolute atomic E-state index is 0.0883. The molecular formula is C49H35BN2O2Si. The lowest BCUT2D eigenvalue weighted by molar-refractivity contribution is 0.464. The van der Waals surface area contributed by atoms with E-state index in [9.17, 15) is 0 Å². The fraction of sp³-hybridized carbons (Fsp3) is 0.0204. The second-order valence-electron chi connectivity index (χ2n) is 14.6. The Bertz CT molecular complexity index is 2690. The molecule has 0 fully saturated rings. The van der Waals surface area contributed by atoms with Crippen molar-refractivity contribution in [2.75, 3.05) is 10.2 Å². The van der Waals surface area contributed by atoms with Gasteiger partial charge in [-0.05, 0) is 111 Å². The number of hydrogen-bond acceptors (Lipinski definition) is 4. The Morgan fingerprint density at radius 3 is 1.67 bits per heavy atom. The van der Waals surface area contributed by atoms with E-state index in [1.807, 2.05) is 6.07 Å². The Morgan fingerprint density at radius 2 is 1.04 bits per heavy atom. The normalized spacial score (nSPS) is 13.9. The zero-order valence-corrected chi connectivity index (χ0v) is 31.2. The second-order valence-corrected chi connectivity index (χ2v) is 18.3. The lowest BCUT2D eigenvalue weighted by Gasteiger charge is -2.45. The van der Waals surface area contributed by atoms with Crippen LogP contribution in [0.5, 0.6) is 23.0 Å². The van der Waals surface area contributed by atoms with Gasteiger partial charge in [-0.25, -0.2) is 0 Å². The van der Waals surface area contributed by atoms with Gasteiger partial charge < -0.3 is 19.7 Å². The van der Waals surface area contributed by atoms with Crippen LogP contribution in [0, 0.1) is 6.92 Å². The largest absolute Gasteiger partial charge is 0.458 e.